The molecule has 1 heterocycles. The fourth-order valence-corrected chi connectivity index (χ4v) is 4.92. The number of aliphatic hydroxyl groups excluding tert-OH is 1. The molecular weight excluding hydrogens is 488 g/mol. The number of halogens is 4. The Hall–Kier alpha value is -3.18. The van der Waals surface area contributed by atoms with Gasteiger partial charge in [-0.25, -0.2) is 12.8 Å². The zero-order valence-electron chi connectivity index (χ0n) is 19.4. The SMILES string of the molecule is Cc1cc(NC(=O)c2cc(CC(C)O)n(-c3ccc(F)cc3C(F)(F)F)c2C)ccc1S(C)(=O)=O. The number of alkyl halides is 3. The number of rotatable bonds is 6. The van der Waals surface area contributed by atoms with Crippen molar-refractivity contribution in [2.45, 2.75) is 44.4 Å². The third-order valence-corrected chi connectivity index (χ3v) is 6.67. The molecule has 0 saturated carbocycles. The third-order valence-electron chi connectivity index (χ3n) is 5.41. The summed E-state index contributed by atoms with van der Waals surface area (Å²) in [7, 11) is -3.46. The number of nitrogens with zero attached hydrogens (tertiary/aromatic N) is 1. The Morgan fingerprint density at radius 3 is 2.31 bits per heavy atom. The van der Waals surface area contributed by atoms with Crippen LogP contribution in [0.3, 0.4) is 0 Å². The van der Waals surface area contributed by atoms with Crippen LogP contribution in [0.2, 0.25) is 0 Å². The highest BCUT2D eigenvalue weighted by molar-refractivity contribution is 7.90. The van der Waals surface area contributed by atoms with E-state index in [4.69, 9.17) is 0 Å². The first kappa shape index (κ1) is 26.4. The second-order valence-corrected chi connectivity index (χ2v) is 10.4. The number of hydrogen-bond donors (Lipinski definition) is 2. The lowest BCUT2D eigenvalue weighted by Gasteiger charge is -2.18. The lowest BCUT2D eigenvalue weighted by Crippen LogP contribution is -2.16. The van der Waals surface area contributed by atoms with Crippen molar-refractivity contribution < 1.29 is 35.9 Å². The minimum absolute atomic E-state index is 0.0444. The van der Waals surface area contributed by atoms with E-state index in [9.17, 15) is 35.9 Å². The van der Waals surface area contributed by atoms with Crippen molar-refractivity contribution in [3.05, 3.63) is 76.4 Å². The first-order chi connectivity index (χ1) is 16.1. The Kier molecular flexibility index (Phi) is 7.14. The van der Waals surface area contributed by atoms with Gasteiger partial charge in [-0.3, -0.25) is 4.79 Å². The minimum atomic E-state index is -4.86. The number of amides is 1. The van der Waals surface area contributed by atoms with Crippen LogP contribution in [0.4, 0.5) is 23.2 Å². The predicted octanol–water partition coefficient (Wildman–Crippen LogP) is 4.83. The Labute approximate surface area is 200 Å². The molecule has 0 aliphatic carbocycles. The number of anilines is 1. The van der Waals surface area contributed by atoms with E-state index >= 15 is 0 Å². The molecule has 1 unspecified atom stereocenters. The van der Waals surface area contributed by atoms with Crippen LogP contribution < -0.4 is 5.32 Å². The third kappa shape index (κ3) is 5.73. The molecule has 1 aromatic heterocycles. The molecule has 0 aliphatic rings. The van der Waals surface area contributed by atoms with Crippen molar-refractivity contribution in [2.24, 2.45) is 0 Å². The molecule has 1 amide bonds. The summed E-state index contributed by atoms with van der Waals surface area (Å²) in [4.78, 5) is 13.2. The van der Waals surface area contributed by atoms with Gasteiger partial charge in [0.25, 0.3) is 5.91 Å². The molecule has 0 aliphatic heterocycles. The van der Waals surface area contributed by atoms with Gasteiger partial charge in [0.05, 0.1) is 27.8 Å². The Morgan fingerprint density at radius 2 is 1.77 bits per heavy atom. The van der Waals surface area contributed by atoms with Crippen molar-refractivity contribution in [2.75, 3.05) is 11.6 Å². The maximum atomic E-state index is 13.7. The fourth-order valence-electron chi connectivity index (χ4n) is 3.96. The van der Waals surface area contributed by atoms with Crippen LogP contribution in [-0.2, 0) is 22.4 Å². The van der Waals surface area contributed by atoms with E-state index in [-0.39, 0.29) is 34.0 Å². The van der Waals surface area contributed by atoms with Crippen LogP contribution in [0.1, 0.15) is 39.8 Å². The van der Waals surface area contributed by atoms with Crippen LogP contribution in [0.5, 0.6) is 0 Å². The molecule has 3 rings (SSSR count). The standard InChI is InChI=1S/C24H24F4N2O4S/c1-13-9-17(6-8-22(13)35(4,33)34)29-23(32)19-12-18(10-14(2)31)30(15(19)3)21-7-5-16(25)11-20(21)24(26,27)28/h5-9,11-12,14,31H,10H2,1-4H3,(H,29,32). The van der Waals surface area contributed by atoms with Crippen LogP contribution >= 0.6 is 0 Å². The van der Waals surface area contributed by atoms with Gasteiger partial charge in [-0.05, 0) is 68.8 Å². The molecular formula is C24H24F4N2O4S. The Bertz CT molecular complexity index is 1390. The van der Waals surface area contributed by atoms with Gasteiger partial charge in [0.1, 0.15) is 5.82 Å². The highest BCUT2D eigenvalue weighted by Crippen LogP contribution is 2.36. The normalized spacial score (nSPS) is 13.1. The van der Waals surface area contributed by atoms with Gasteiger partial charge in [-0.2, -0.15) is 13.2 Å². The second-order valence-electron chi connectivity index (χ2n) is 8.39. The van der Waals surface area contributed by atoms with Crippen LogP contribution in [-0.4, -0.2) is 36.4 Å². The van der Waals surface area contributed by atoms with Crippen LogP contribution in [0.15, 0.2) is 47.4 Å². The van der Waals surface area contributed by atoms with Crippen molar-refractivity contribution in [3.63, 3.8) is 0 Å². The molecule has 2 aromatic carbocycles. The zero-order chi connectivity index (χ0) is 26.3. The smallest absolute Gasteiger partial charge is 0.393 e. The van der Waals surface area contributed by atoms with E-state index in [1.54, 1.807) is 6.92 Å². The molecule has 11 heteroatoms. The van der Waals surface area contributed by atoms with E-state index in [0.29, 0.717) is 17.3 Å². The van der Waals surface area contributed by atoms with Gasteiger partial charge in [0, 0.05) is 29.8 Å². The van der Waals surface area contributed by atoms with Gasteiger partial charge in [0.2, 0.25) is 0 Å². The first-order valence-electron chi connectivity index (χ1n) is 10.5. The molecule has 6 nitrogen and oxygen atoms in total. The lowest BCUT2D eigenvalue weighted by atomic mass is 10.1. The molecule has 1 atom stereocenters. The monoisotopic (exact) mass is 512 g/mol. The van der Waals surface area contributed by atoms with E-state index in [0.717, 1.165) is 18.4 Å². The largest absolute Gasteiger partial charge is 0.418 e. The number of aliphatic hydroxyl groups is 1. The molecule has 188 valence electrons. The molecule has 0 radical (unpaired) electrons. The summed E-state index contributed by atoms with van der Waals surface area (Å²) < 4.78 is 79.6. The number of nitrogens with one attached hydrogen (secondary N) is 1. The van der Waals surface area contributed by atoms with Gasteiger partial charge < -0.3 is 15.0 Å². The number of benzene rings is 2. The predicted molar refractivity (Wildman–Crippen MR) is 123 cm³/mol. The average Bonchev–Trinajstić information content (AvgIpc) is 3.01. The summed E-state index contributed by atoms with van der Waals surface area (Å²) >= 11 is 0. The summed E-state index contributed by atoms with van der Waals surface area (Å²) in [6.07, 6.45) is -4.80. The number of hydrogen-bond acceptors (Lipinski definition) is 4. The number of sulfone groups is 1. The molecule has 2 N–H and O–H groups in total. The lowest BCUT2D eigenvalue weighted by molar-refractivity contribution is -0.137. The molecule has 0 fully saturated rings. The zero-order valence-corrected chi connectivity index (χ0v) is 20.2. The second kappa shape index (κ2) is 9.46. The summed E-state index contributed by atoms with van der Waals surface area (Å²) in [5.41, 5.74) is -0.468. The quantitative estimate of drug-likeness (QED) is 0.463. The van der Waals surface area contributed by atoms with Crippen molar-refractivity contribution in [3.8, 4) is 5.69 Å². The van der Waals surface area contributed by atoms with Crippen LogP contribution in [0.25, 0.3) is 5.69 Å². The summed E-state index contributed by atoms with van der Waals surface area (Å²) in [6, 6.07) is 7.86. The highest BCUT2D eigenvalue weighted by Gasteiger charge is 2.35. The van der Waals surface area contributed by atoms with Gasteiger partial charge >= 0.3 is 6.18 Å². The van der Waals surface area contributed by atoms with Crippen molar-refractivity contribution >= 4 is 21.4 Å². The maximum Gasteiger partial charge on any atom is 0.418 e. The number of carbonyl (C=O) groups is 1. The van der Waals surface area contributed by atoms with Gasteiger partial charge in [0.15, 0.2) is 9.84 Å². The molecule has 35 heavy (non-hydrogen) atoms. The molecule has 3 aromatic rings. The minimum Gasteiger partial charge on any atom is -0.393 e. The Morgan fingerprint density at radius 1 is 1.11 bits per heavy atom. The number of aryl methyl sites for hydroxylation is 1. The average molecular weight is 513 g/mol. The number of aromatic nitrogens is 1. The molecule has 0 bridgehead atoms. The maximum absolute atomic E-state index is 13.7. The topological polar surface area (TPSA) is 88.4 Å². The summed E-state index contributed by atoms with van der Waals surface area (Å²) in [5.74, 6) is -1.70. The van der Waals surface area contributed by atoms with E-state index < -0.39 is 39.4 Å². The van der Waals surface area contributed by atoms with E-state index in [1.807, 2.05) is 0 Å². The molecule has 0 spiro atoms. The van der Waals surface area contributed by atoms with Crippen molar-refractivity contribution in [1.29, 1.82) is 0 Å². The summed E-state index contributed by atoms with van der Waals surface area (Å²) in [5, 5.41) is 12.5. The van der Waals surface area contributed by atoms with Gasteiger partial charge in [-0.15, -0.1) is 0 Å². The highest BCUT2D eigenvalue weighted by atomic mass is 32.2. The first-order valence-corrected chi connectivity index (χ1v) is 12.4. The number of carbonyl (C=O) groups excluding carboxylic acids is 1. The van der Waals surface area contributed by atoms with E-state index in [2.05, 4.69) is 5.32 Å². The summed E-state index contributed by atoms with van der Waals surface area (Å²) in [6.45, 7) is 4.47. The van der Waals surface area contributed by atoms with Crippen molar-refractivity contribution in [1.82, 2.24) is 4.57 Å². The van der Waals surface area contributed by atoms with Crippen LogP contribution in [0, 0.1) is 19.7 Å². The fraction of sp³-hybridized carbons (Fsp3) is 0.292. The Balaban J connectivity index is 2.10. The molecule has 0 saturated heterocycles. The van der Waals surface area contributed by atoms with E-state index in [1.165, 1.54) is 42.7 Å². The van der Waals surface area contributed by atoms with Gasteiger partial charge in [-0.1, -0.05) is 0 Å².